The zero-order valence-corrected chi connectivity index (χ0v) is 11.7. The van der Waals surface area contributed by atoms with Gasteiger partial charge >= 0.3 is 0 Å². The van der Waals surface area contributed by atoms with Crippen LogP contribution in [0, 0.1) is 11.6 Å². The van der Waals surface area contributed by atoms with E-state index in [-0.39, 0.29) is 12.1 Å². The van der Waals surface area contributed by atoms with E-state index in [9.17, 15) is 8.78 Å². The van der Waals surface area contributed by atoms with Gasteiger partial charge in [0.25, 0.3) is 0 Å². The van der Waals surface area contributed by atoms with E-state index in [2.05, 4.69) is 17.0 Å². The molecule has 1 unspecified atom stereocenters. The molecule has 0 fully saturated rings. The third kappa shape index (κ3) is 2.69. The molecule has 21 heavy (non-hydrogen) atoms. The fourth-order valence-electron chi connectivity index (χ4n) is 3.06. The summed E-state index contributed by atoms with van der Waals surface area (Å²) in [5, 5.41) is 0. The van der Waals surface area contributed by atoms with Gasteiger partial charge in [0.2, 0.25) is 0 Å². The Morgan fingerprint density at radius 2 is 1.67 bits per heavy atom. The molecule has 1 aliphatic rings. The topological polar surface area (TPSA) is 29.3 Å². The molecule has 0 aliphatic carbocycles. The predicted octanol–water partition coefficient (Wildman–Crippen LogP) is 3.02. The lowest BCUT2D eigenvalue weighted by atomic mass is 9.96. The average Bonchev–Trinajstić information content (AvgIpc) is 2.50. The van der Waals surface area contributed by atoms with Gasteiger partial charge in [0.1, 0.15) is 11.6 Å². The van der Waals surface area contributed by atoms with E-state index in [1.165, 1.54) is 29.3 Å². The molecule has 2 N–H and O–H groups in total. The summed E-state index contributed by atoms with van der Waals surface area (Å²) in [5.41, 5.74) is 8.41. The lowest BCUT2D eigenvalue weighted by Gasteiger charge is -2.35. The first-order chi connectivity index (χ1) is 10.2. The molecule has 0 bridgehead atoms. The third-order valence-corrected chi connectivity index (χ3v) is 4.16. The molecule has 0 radical (unpaired) electrons. The number of hydrogen-bond donors (Lipinski definition) is 1. The second kappa shape index (κ2) is 5.92. The molecule has 2 aromatic rings. The first kappa shape index (κ1) is 14.2. The third-order valence-electron chi connectivity index (χ3n) is 4.16. The van der Waals surface area contributed by atoms with Crippen LogP contribution < -0.4 is 5.73 Å². The Kier molecular flexibility index (Phi) is 3.99. The molecule has 4 heteroatoms. The number of halogens is 2. The minimum absolute atomic E-state index is 0.0828. The lowest BCUT2D eigenvalue weighted by Crippen LogP contribution is -2.38. The summed E-state index contributed by atoms with van der Waals surface area (Å²) < 4.78 is 28.0. The molecule has 2 nitrogen and oxygen atoms in total. The van der Waals surface area contributed by atoms with Gasteiger partial charge in [0.05, 0.1) is 6.04 Å². The van der Waals surface area contributed by atoms with Crippen LogP contribution in [0.3, 0.4) is 0 Å². The van der Waals surface area contributed by atoms with Crippen molar-refractivity contribution in [3.05, 3.63) is 70.8 Å². The molecule has 1 atom stereocenters. The predicted molar refractivity (Wildman–Crippen MR) is 78.7 cm³/mol. The number of fused-ring (bicyclic) bond motifs is 1. The first-order valence-electron chi connectivity index (χ1n) is 7.15. The van der Waals surface area contributed by atoms with Crippen LogP contribution >= 0.6 is 0 Å². The van der Waals surface area contributed by atoms with Crippen molar-refractivity contribution in [2.75, 3.05) is 13.1 Å². The molecular formula is C17H18F2N2. The van der Waals surface area contributed by atoms with Gasteiger partial charge in [-0.3, -0.25) is 4.90 Å². The largest absolute Gasteiger partial charge is 0.329 e. The molecular weight excluding hydrogens is 270 g/mol. The Labute approximate surface area is 123 Å². The van der Waals surface area contributed by atoms with Gasteiger partial charge in [-0.2, -0.15) is 0 Å². The number of benzene rings is 2. The summed E-state index contributed by atoms with van der Waals surface area (Å²) in [5.74, 6) is -1.05. The zero-order chi connectivity index (χ0) is 14.8. The van der Waals surface area contributed by atoms with E-state index < -0.39 is 17.7 Å². The highest BCUT2D eigenvalue weighted by molar-refractivity contribution is 5.31. The highest BCUT2D eigenvalue weighted by Crippen LogP contribution is 2.30. The Hall–Kier alpha value is -1.78. The smallest absolute Gasteiger partial charge is 0.130 e. The first-order valence-corrected chi connectivity index (χ1v) is 7.15. The molecule has 0 amide bonds. The van der Waals surface area contributed by atoms with Crippen molar-refractivity contribution in [3.8, 4) is 0 Å². The van der Waals surface area contributed by atoms with Crippen LogP contribution in [0.1, 0.15) is 22.7 Å². The minimum Gasteiger partial charge on any atom is -0.329 e. The lowest BCUT2D eigenvalue weighted by molar-refractivity contribution is 0.176. The van der Waals surface area contributed by atoms with E-state index in [1.807, 2.05) is 12.1 Å². The molecule has 2 aromatic carbocycles. The molecule has 0 aromatic heterocycles. The van der Waals surface area contributed by atoms with Crippen LogP contribution in [0.2, 0.25) is 0 Å². The molecule has 110 valence electrons. The van der Waals surface area contributed by atoms with E-state index in [4.69, 9.17) is 5.73 Å². The molecule has 0 spiro atoms. The van der Waals surface area contributed by atoms with E-state index >= 15 is 0 Å². The summed E-state index contributed by atoms with van der Waals surface area (Å²) in [7, 11) is 0. The molecule has 1 heterocycles. The van der Waals surface area contributed by atoms with Crippen LogP contribution in [-0.2, 0) is 13.0 Å². The van der Waals surface area contributed by atoms with Crippen molar-refractivity contribution < 1.29 is 8.78 Å². The number of nitrogens with two attached hydrogens (primary N) is 1. The molecule has 0 saturated carbocycles. The summed E-state index contributed by atoms with van der Waals surface area (Å²) in [6.45, 7) is 1.62. The number of nitrogens with zero attached hydrogens (tertiary/aromatic N) is 1. The summed E-state index contributed by atoms with van der Waals surface area (Å²) >= 11 is 0. The van der Waals surface area contributed by atoms with Gasteiger partial charge in [-0.25, -0.2) is 8.78 Å². The summed E-state index contributed by atoms with van der Waals surface area (Å²) in [6.07, 6.45) is 0.878. The zero-order valence-electron chi connectivity index (χ0n) is 11.7. The van der Waals surface area contributed by atoms with Crippen molar-refractivity contribution in [1.82, 2.24) is 4.90 Å². The Balaban J connectivity index is 1.92. The monoisotopic (exact) mass is 288 g/mol. The van der Waals surface area contributed by atoms with Crippen molar-refractivity contribution in [2.24, 2.45) is 5.73 Å². The second-order valence-electron chi connectivity index (χ2n) is 5.38. The fraction of sp³-hybridized carbons (Fsp3) is 0.294. The maximum atomic E-state index is 14.0. The molecule has 0 saturated heterocycles. The fourth-order valence-corrected chi connectivity index (χ4v) is 3.06. The van der Waals surface area contributed by atoms with E-state index in [0.717, 1.165) is 13.0 Å². The van der Waals surface area contributed by atoms with Gasteiger partial charge in [0, 0.05) is 25.2 Å². The Bertz CT molecular complexity index is 622. The van der Waals surface area contributed by atoms with E-state index in [1.54, 1.807) is 0 Å². The average molecular weight is 288 g/mol. The van der Waals surface area contributed by atoms with Crippen molar-refractivity contribution in [1.29, 1.82) is 0 Å². The normalized spacial score (nSPS) is 16.5. The van der Waals surface area contributed by atoms with Gasteiger partial charge in [-0.05, 0) is 29.7 Å². The second-order valence-corrected chi connectivity index (χ2v) is 5.38. The number of rotatable bonds is 3. The standard InChI is InChI=1S/C17H18F2N2/c18-14-6-3-7-15(19)17(14)16(10-20)21-9-8-12-4-1-2-5-13(12)11-21/h1-7,16H,8-11,20H2. The van der Waals surface area contributed by atoms with Crippen LogP contribution in [0.5, 0.6) is 0 Å². The molecule has 3 rings (SSSR count). The summed E-state index contributed by atoms with van der Waals surface area (Å²) in [6, 6.07) is 11.7. The van der Waals surface area contributed by atoms with Gasteiger partial charge in [-0.15, -0.1) is 0 Å². The SMILES string of the molecule is NCC(c1c(F)cccc1F)N1CCc2ccccc2C1. The van der Waals surface area contributed by atoms with Gasteiger partial charge in [0.15, 0.2) is 0 Å². The van der Waals surface area contributed by atoms with Crippen LogP contribution in [0.4, 0.5) is 8.78 Å². The Morgan fingerprint density at radius 3 is 2.33 bits per heavy atom. The number of hydrogen-bond acceptors (Lipinski definition) is 2. The van der Waals surface area contributed by atoms with Crippen LogP contribution in [-0.4, -0.2) is 18.0 Å². The van der Waals surface area contributed by atoms with Crippen LogP contribution in [0.15, 0.2) is 42.5 Å². The van der Waals surface area contributed by atoms with Crippen molar-refractivity contribution >= 4 is 0 Å². The van der Waals surface area contributed by atoms with E-state index in [0.29, 0.717) is 6.54 Å². The van der Waals surface area contributed by atoms with Gasteiger partial charge < -0.3 is 5.73 Å². The Morgan fingerprint density at radius 1 is 1.00 bits per heavy atom. The van der Waals surface area contributed by atoms with Crippen molar-refractivity contribution in [2.45, 2.75) is 19.0 Å². The van der Waals surface area contributed by atoms with Crippen LogP contribution in [0.25, 0.3) is 0 Å². The highest BCUT2D eigenvalue weighted by Gasteiger charge is 2.27. The maximum Gasteiger partial charge on any atom is 0.130 e. The minimum atomic E-state index is -0.524. The maximum absolute atomic E-state index is 14.0. The van der Waals surface area contributed by atoms with Gasteiger partial charge in [-0.1, -0.05) is 30.3 Å². The quantitative estimate of drug-likeness (QED) is 0.940. The van der Waals surface area contributed by atoms with Crippen molar-refractivity contribution in [3.63, 3.8) is 0 Å². The highest BCUT2D eigenvalue weighted by atomic mass is 19.1. The molecule has 1 aliphatic heterocycles. The summed E-state index contributed by atoms with van der Waals surface area (Å²) in [4.78, 5) is 2.06.